The van der Waals surface area contributed by atoms with Crippen LogP contribution in [0.5, 0.6) is 0 Å². The van der Waals surface area contributed by atoms with Crippen molar-refractivity contribution in [2.24, 2.45) is 5.73 Å². The molecule has 0 spiro atoms. The molecule has 2 aromatic rings. The monoisotopic (exact) mass is 269 g/mol. The van der Waals surface area contributed by atoms with Crippen LogP contribution in [-0.4, -0.2) is 10.9 Å². The number of anilines is 1. The van der Waals surface area contributed by atoms with E-state index in [9.17, 15) is 4.79 Å². The van der Waals surface area contributed by atoms with Crippen molar-refractivity contribution in [2.75, 3.05) is 5.32 Å². The number of aryl methyl sites for hydroxylation is 2. The summed E-state index contributed by atoms with van der Waals surface area (Å²) in [4.78, 5) is 16.7. The molecule has 0 fully saturated rings. The zero-order valence-corrected chi connectivity index (χ0v) is 12.0. The summed E-state index contributed by atoms with van der Waals surface area (Å²) in [6.07, 6.45) is 0. The van der Waals surface area contributed by atoms with Gasteiger partial charge in [-0.1, -0.05) is 30.3 Å². The molecule has 2 rings (SSSR count). The van der Waals surface area contributed by atoms with Crippen molar-refractivity contribution in [3.05, 3.63) is 59.3 Å². The summed E-state index contributed by atoms with van der Waals surface area (Å²) < 4.78 is 0. The Balaban J connectivity index is 2.23. The molecule has 1 amide bonds. The third kappa shape index (κ3) is 3.03. The zero-order valence-electron chi connectivity index (χ0n) is 12.0. The molecule has 20 heavy (non-hydrogen) atoms. The Morgan fingerprint density at radius 2 is 1.85 bits per heavy atom. The average molecular weight is 269 g/mol. The number of amides is 1. The molecule has 1 aromatic heterocycles. The predicted molar refractivity (Wildman–Crippen MR) is 80.3 cm³/mol. The lowest BCUT2D eigenvalue weighted by Crippen LogP contribution is -2.45. The number of nitrogens with zero attached hydrogens (tertiary/aromatic N) is 1. The molecule has 0 saturated heterocycles. The lowest BCUT2D eigenvalue weighted by Gasteiger charge is -2.24. The highest BCUT2D eigenvalue weighted by molar-refractivity contribution is 5.97. The maximum Gasteiger partial charge on any atom is 0.249 e. The van der Waals surface area contributed by atoms with E-state index < -0.39 is 5.54 Å². The first-order chi connectivity index (χ1) is 9.39. The molecule has 0 bridgehead atoms. The first-order valence-electron chi connectivity index (χ1n) is 6.51. The fraction of sp³-hybridized carbons (Fsp3) is 0.250. The van der Waals surface area contributed by atoms with Crippen molar-refractivity contribution in [2.45, 2.75) is 26.3 Å². The van der Waals surface area contributed by atoms with Gasteiger partial charge in [0.1, 0.15) is 11.4 Å². The molecule has 3 N–H and O–H groups in total. The molecule has 1 atom stereocenters. The molecular weight excluding hydrogens is 250 g/mol. The largest absolute Gasteiger partial charge is 0.314 e. The molecule has 104 valence electrons. The first kappa shape index (κ1) is 14.2. The smallest absolute Gasteiger partial charge is 0.249 e. The minimum Gasteiger partial charge on any atom is -0.314 e. The average Bonchev–Trinajstić information content (AvgIpc) is 2.38. The number of hydrogen-bond acceptors (Lipinski definition) is 3. The number of carbonyl (C=O) groups is 1. The van der Waals surface area contributed by atoms with Crippen molar-refractivity contribution >= 4 is 11.7 Å². The normalized spacial score (nSPS) is 13.6. The highest BCUT2D eigenvalue weighted by atomic mass is 16.2. The van der Waals surface area contributed by atoms with Crippen LogP contribution in [0.1, 0.15) is 23.7 Å². The topological polar surface area (TPSA) is 68.0 Å². The predicted octanol–water partition coefficient (Wildman–Crippen LogP) is 2.51. The minimum absolute atomic E-state index is 0.277. The Bertz CT molecular complexity index is 601. The number of pyridine rings is 1. The minimum atomic E-state index is -1.10. The summed E-state index contributed by atoms with van der Waals surface area (Å²) in [6, 6.07) is 13.1. The Hall–Kier alpha value is -2.20. The van der Waals surface area contributed by atoms with E-state index in [1.807, 2.05) is 56.3 Å². The van der Waals surface area contributed by atoms with Gasteiger partial charge in [-0.05, 0) is 44.0 Å². The van der Waals surface area contributed by atoms with Gasteiger partial charge in [0.15, 0.2) is 0 Å². The fourth-order valence-corrected chi connectivity index (χ4v) is 2.07. The highest BCUT2D eigenvalue weighted by Gasteiger charge is 2.30. The van der Waals surface area contributed by atoms with Crippen molar-refractivity contribution in [1.29, 1.82) is 0 Å². The number of hydrogen-bond donors (Lipinski definition) is 2. The summed E-state index contributed by atoms with van der Waals surface area (Å²) in [6.45, 7) is 5.55. The van der Waals surface area contributed by atoms with E-state index in [0.29, 0.717) is 5.82 Å². The van der Waals surface area contributed by atoms with Gasteiger partial charge in [-0.25, -0.2) is 4.98 Å². The van der Waals surface area contributed by atoms with Gasteiger partial charge in [0, 0.05) is 5.69 Å². The summed E-state index contributed by atoms with van der Waals surface area (Å²) in [7, 11) is 0. The van der Waals surface area contributed by atoms with Crippen molar-refractivity contribution < 1.29 is 4.79 Å². The van der Waals surface area contributed by atoms with Crippen LogP contribution in [0, 0.1) is 13.8 Å². The molecule has 4 heteroatoms. The Kier molecular flexibility index (Phi) is 3.86. The van der Waals surface area contributed by atoms with Gasteiger partial charge < -0.3 is 11.1 Å². The zero-order chi connectivity index (χ0) is 14.8. The lowest BCUT2D eigenvalue weighted by molar-refractivity contribution is -0.120. The van der Waals surface area contributed by atoms with Crippen molar-refractivity contribution in [1.82, 2.24) is 4.98 Å². The van der Waals surface area contributed by atoms with Gasteiger partial charge in [-0.3, -0.25) is 4.79 Å². The summed E-state index contributed by atoms with van der Waals surface area (Å²) in [5.41, 5.74) is 7.74. The Morgan fingerprint density at radius 3 is 2.45 bits per heavy atom. The van der Waals surface area contributed by atoms with Gasteiger partial charge in [0.25, 0.3) is 0 Å². The SMILES string of the molecule is Cc1cc(C)nc(NC(=O)C(C)(N)c2ccccc2)c1. The third-order valence-electron chi connectivity index (χ3n) is 3.18. The second-order valence-electron chi connectivity index (χ2n) is 5.19. The van der Waals surface area contributed by atoms with Crippen LogP contribution in [0.3, 0.4) is 0 Å². The number of carbonyl (C=O) groups excluding carboxylic acids is 1. The van der Waals surface area contributed by atoms with Crippen LogP contribution in [0.25, 0.3) is 0 Å². The van der Waals surface area contributed by atoms with Crippen LogP contribution >= 0.6 is 0 Å². The van der Waals surface area contributed by atoms with Gasteiger partial charge in [-0.15, -0.1) is 0 Å². The van der Waals surface area contributed by atoms with Crippen LogP contribution in [0.15, 0.2) is 42.5 Å². The number of rotatable bonds is 3. The van der Waals surface area contributed by atoms with E-state index in [0.717, 1.165) is 16.8 Å². The van der Waals surface area contributed by atoms with E-state index >= 15 is 0 Å². The Morgan fingerprint density at radius 1 is 1.20 bits per heavy atom. The maximum atomic E-state index is 12.4. The van der Waals surface area contributed by atoms with E-state index in [-0.39, 0.29) is 5.91 Å². The van der Waals surface area contributed by atoms with E-state index in [4.69, 9.17) is 5.73 Å². The van der Waals surface area contributed by atoms with E-state index in [2.05, 4.69) is 10.3 Å². The number of aromatic nitrogens is 1. The lowest BCUT2D eigenvalue weighted by atomic mass is 9.92. The molecule has 0 saturated carbocycles. The van der Waals surface area contributed by atoms with Crippen molar-refractivity contribution in [3.8, 4) is 0 Å². The van der Waals surface area contributed by atoms with Crippen LogP contribution in [0.2, 0.25) is 0 Å². The van der Waals surface area contributed by atoms with Crippen LogP contribution < -0.4 is 11.1 Å². The number of nitrogens with one attached hydrogen (secondary N) is 1. The van der Waals surface area contributed by atoms with Crippen LogP contribution in [0.4, 0.5) is 5.82 Å². The molecule has 0 aliphatic rings. The Labute approximate surface area is 119 Å². The molecule has 1 aromatic carbocycles. The van der Waals surface area contributed by atoms with Crippen LogP contribution in [-0.2, 0) is 10.3 Å². The van der Waals surface area contributed by atoms with Gasteiger partial charge in [0.2, 0.25) is 5.91 Å². The summed E-state index contributed by atoms with van der Waals surface area (Å²) in [5.74, 6) is 0.251. The van der Waals surface area contributed by atoms with Gasteiger partial charge in [0.05, 0.1) is 0 Å². The van der Waals surface area contributed by atoms with Gasteiger partial charge >= 0.3 is 0 Å². The number of nitrogens with two attached hydrogens (primary N) is 1. The molecule has 0 aliphatic heterocycles. The molecule has 0 radical (unpaired) electrons. The summed E-state index contributed by atoms with van der Waals surface area (Å²) >= 11 is 0. The first-order valence-corrected chi connectivity index (χ1v) is 6.51. The fourth-order valence-electron chi connectivity index (χ4n) is 2.07. The molecule has 0 aliphatic carbocycles. The molecule has 1 unspecified atom stereocenters. The highest BCUT2D eigenvalue weighted by Crippen LogP contribution is 2.20. The van der Waals surface area contributed by atoms with Crippen molar-refractivity contribution in [3.63, 3.8) is 0 Å². The molecule has 1 heterocycles. The third-order valence-corrected chi connectivity index (χ3v) is 3.18. The molecule has 4 nitrogen and oxygen atoms in total. The summed E-state index contributed by atoms with van der Waals surface area (Å²) in [5, 5.41) is 2.79. The van der Waals surface area contributed by atoms with E-state index in [1.165, 1.54) is 0 Å². The maximum absolute atomic E-state index is 12.4. The molecular formula is C16H19N3O. The number of benzene rings is 1. The van der Waals surface area contributed by atoms with Gasteiger partial charge in [-0.2, -0.15) is 0 Å². The van der Waals surface area contributed by atoms with E-state index in [1.54, 1.807) is 6.92 Å². The standard InChI is InChI=1S/C16H19N3O/c1-11-9-12(2)18-14(10-11)19-15(20)16(3,17)13-7-5-4-6-8-13/h4-10H,17H2,1-3H3,(H,18,19,20). The second kappa shape index (κ2) is 5.43. The quantitative estimate of drug-likeness (QED) is 0.899. The second-order valence-corrected chi connectivity index (χ2v) is 5.19.